The van der Waals surface area contributed by atoms with E-state index in [0.717, 1.165) is 10.8 Å². The topological polar surface area (TPSA) is 188 Å². The Balaban J connectivity index is 0.980. The van der Waals surface area contributed by atoms with Gasteiger partial charge >= 0.3 is 0 Å². The first-order chi connectivity index (χ1) is 25.6. The second kappa shape index (κ2) is 11.8. The molecular weight excluding hydrogens is 701 g/mol. The van der Waals surface area contributed by atoms with Gasteiger partial charge in [-0.25, -0.2) is 0 Å². The minimum Gasteiger partial charge on any atom is -0.456 e. The van der Waals surface area contributed by atoms with E-state index >= 15 is 0 Å². The van der Waals surface area contributed by atoms with Crippen molar-refractivity contribution in [1.29, 1.82) is 0 Å². The average molecular weight is 721 g/mol. The molecule has 6 aromatic carbocycles. The lowest BCUT2D eigenvalue weighted by atomic mass is 10.1. The second-order valence-electron chi connectivity index (χ2n) is 12.3. The number of hydrogen-bond acceptors (Lipinski definition) is 10. The first-order valence-corrected chi connectivity index (χ1v) is 16.8. The summed E-state index contributed by atoms with van der Waals surface area (Å²) in [6, 6.07) is 28.6. The Hall–Kier alpha value is -7.45. The normalized spacial score (nSPS) is 11.5. The predicted octanol–water partition coefficient (Wildman–Crippen LogP) is 9.53. The van der Waals surface area contributed by atoms with Gasteiger partial charge in [0, 0.05) is 88.5 Å². The third kappa shape index (κ3) is 5.37. The first-order valence-electron chi connectivity index (χ1n) is 15.9. The van der Waals surface area contributed by atoms with Crippen molar-refractivity contribution in [2.24, 2.45) is 0 Å². The number of rotatable bonds is 6. The number of nitrogens with one attached hydrogen (secondary N) is 2. The van der Waals surface area contributed by atoms with E-state index in [9.17, 15) is 34.6 Å². The molecule has 9 rings (SSSR count). The van der Waals surface area contributed by atoms with Gasteiger partial charge in [-0.1, -0.05) is 0 Å². The summed E-state index contributed by atoms with van der Waals surface area (Å²) in [6.45, 7) is 0. The van der Waals surface area contributed by atoms with Crippen LogP contribution in [0, 0.1) is 20.2 Å². The minimum absolute atomic E-state index is 0.0937. The molecule has 9 aromatic rings. The highest BCUT2D eigenvalue weighted by molar-refractivity contribution is 7.24. The molecule has 0 spiro atoms. The zero-order valence-corrected chi connectivity index (χ0v) is 27.7. The Morgan fingerprint density at radius 1 is 0.509 bits per heavy atom. The van der Waals surface area contributed by atoms with E-state index in [1.54, 1.807) is 72.8 Å². The number of fused-ring (bicyclic) bond motifs is 8. The van der Waals surface area contributed by atoms with Crippen molar-refractivity contribution < 1.29 is 28.3 Å². The fourth-order valence-corrected chi connectivity index (χ4v) is 7.49. The monoisotopic (exact) mass is 720 g/mol. The van der Waals surface area contributed by atoms with Gasteiger partial charge in [-0.2, -0.15) is 0 Å². The number of nitro benzene ring substituents is 2. The lowest BCUT2D eigenvalue weighted by Gasteiger charge is -2.08. The largest absolute Gasteiger partial charge is 0.456 e. The summed E-state index contributed by atoms with van der Waals surface area (Å²) in [5.41, 5.74) is 2.40. The Morgan fingerprint density at radius 3 is 1.32 bits per heavy atom. The quantitative estimate of drug-likeness (QED) is 0.0957. The number of hydrogen-bond donors (Lipinski definition) is 2. The van der Waals surface area contributed by atoms with Crippen molar-refractivity contribution >= 4 is 110 Å². The molecule has 0 fully saturated rings. The van der Waals surface area contributed by atoms with Gasteiger partial charge in [0.15, 0.2) is 5.43 Å². The summed E-state index contributed by atoms with van der Waals surface area (Å²) < 4.78 is 13.0. The van der Waals surface area contributed by atoms with Crippen LogP contribution in [-0.4, -0.2) is 21.7 Å². The molecule has 256 valence electrons. The molecule has 2 amide bonds. The molecule has 0 unspecified atom stereocenters. The first kappa shape index (κ1) is 31.5. The van der Waals surface area contributed by atoms with Crippen LogP contribution in [0.1, 0.15) is 20.7 Å². The van der Waals surface area contributed by atoms with Crippen LogP contribution in [-0.2, 0) is 0 Å². The van der Waals surface area contributed by atoms with Gasteiger partial charge in [0.05, 0.1) is 22.0 Å². The molecule has 3 aromatic heterocycles. The van der Waals surface area contributed by atoms with Crippen LogP contribution in [0.4, 0.5) is 22.7 Å². The Morgan fingerprint density at radius 2 is 0.906 bits per heavy atom. The lowest BCUT2D eigenvalue weighted by molar-refractivity contribution is -0.384. The fourth-order valence-electron chi connectivity index (χ4n) is 6.46. The molecule has 2 N–H and O–H groups in total. The highest BCUT2D eigenvalue weighted by Crippen LogP contribution is 2.35. The lowest BCUT2D eigenvalue weighted by Crippen LogP contribution is -2.13. The van der Waals surface area contributed by atoms with Crippen LogP contribution in [0.15, 0.2) is 123 Å². The van der Waals surface area contributed by atoms with Crippen LogP contribution in [0.25, 0.3) is 64.0 Å². The number of carbonyl (C=O) groups is 2. The van der Waals surface area contributed by atoms with E-state index in [0.29, 0.717) is 64.7 Å². The number of nitro groups is 2. The highest BCUT2D eigenvalue weighted by Gasteiger charge is 2.17. The van der Waals surface area contributed by atoms with Crippen molar-refractivity contribution in [1.82, 2.24) is 0 Å². The summed E-state index contributed by atoms with van der Waals surface area (Å²) in [5, 5.41) is 31.5. The zero-order chi connectivity index (χ0) is 36.5. The van der Waals surface area contributed by atoms with Crippen LogP contribution in [0.3, 0.4) is 0 Å². The fraction of sp³-hybridized carbons (Fsp3) is 0. The van der Waals surface area contributed by atoms with Gasteiger partial charge in [-0.3, -0.25) is 34.6 Å². The molecule has 53 heavy (non-hydrogen) atoms. The van der Waals surface area contributed by atoms with E-state index in [1.807, 2.05) is 0 Å². The summed E-state index contributed by atoms with van der Waals surface area (Å²) in [5.74, 6) is -0.925. The molecule has 13 nitrogen and oxygen atoms in total. The summed E-state index contributed by atoms with van der Waals surface area (Å²) in [6.07, 6.45) is 0. The van der Waals surface area contributed by atoms with E-state index in [-0.39, 0.29) is 27.9 Å². The molecule has 0 aliphatic carbocycles. The van der Waals surface area contributed by atoms with Gasteiger partial charge in [0.2, 0.25) is 0 Å². The standard InChI is InChI=1S/C39H20N4O9S/c44-37-29-13-19(38(45)40-21-3-7-25-27-9-5-23(42(47)48)17-33(27)51-31(25)15-21)1-11-35(29)53-36-12-2-20(14-30(36)37)39(46)41-22-4-8-26-28-10-6-24(43(49)50)18-34(28)52-32(26)16-22/h1-18H,(H,40,45)(H,41,46). The molecule has 0 radical (unpaired) electrons. The van der Waals surface area contributed by atoms with Gasteiger partial charge < -0.3 is 19.5 Å². The molecule has 0 aliphatic heterocycles. The van der Waals surface area contributed by atoms with Crippen LogP contribution in [0.5, 0.6) is 0 Å². The number of nitrogens with zero attached hydrogens (tertiary/aromatic N) is 2. The molecule has 14 heteroatoms. The summed E-state index contributed by atoms with van der Waals surface area (Å²) in [4.78, 5) is 61.9. The molecule has 0 saturated carbocycles. The number of non-ortho nitro benzene ring substituents is 2. The smallest absolute Gasteiger partial charge is 0.273 e. The summed E-state index contributed by atoms with van der Waals surface area (Å²) >= 11 is 1.35. The molecule has 0 saturated heterocycles. The maximum atomic E-state index is 13.8. The number of amides is 2. The second-order valence-corrected chi connectivity index (χ2v) is 13.3. The van der Waals surface area contributed by atoms with E-state index in [2.05, 4.69) is 10.6 Å². The third-order valence-corrected chi connectivity index (χ3v) is 10.2. The molecule has 3 heterocycles. The Kier molecular flexibility index (Phi) is 7.03. The summed E-state index contributed by atoms with van der Waals surface area (Å²) in [7, 11) is 0. The molecule has 0 bridgehead atoms. The predicted molar refractivity (Wildman–Crippen MR) is 202 cm³/mol. The van der Waals surface area contributed by atoms with Crippen LogP contribution >= 0.6 is 11.3 Å². The minimum atomic E-state index is -0.498. The zero-order valence-electron chi connectivity index (χ0n) is 26.9. The Labute approximate surface area is 298 Å². The van der Waals surface area contributed by atoms with Gasteiger partial charge in [0.25, 0.3) is 23.2 Å². The van der Waals surface area contributed by atoms with Crippen LogP contribution in [0.2, 0.25) is 0 Å². The maximum Gasteiger partial charge on any atom is 0.273 e. The van der Waals surface area contributed by atoms with Crippen molar-refractivity contribution in [2.45, 2.75) is 0 Å². The van der Waals surface area contributed by atoms with E-state index < -0.39 is 21.7 Å². The molecule has 0 aliphatic rings. The van der Waals surface area contributed by atoms with Crippen molar-refractivity contribution in [3.8, 4) is 0 Å². The number of anilines is 2. The van der Waals surface area contributed by atoms with Gasteiger partial charge in [-0.05, 0) is 72.8 Å². The van der Waals surface area contributed by atoms with Crippen LogP contribution < -0.4 is 16.1 Å². The van der Waals surface area contributed by atoms with Gasteiger partial charge in [0.1, 0.15) is 22.3 Å². The van der Waals surface area contributed by atoms with E-state index in [1.165, 1.54) is 47.7 Å². The van der Waals surface area contributed by atoms with Crippen molar-refractivity contribution in [3.63, 3.8) is 0 Å². The van der Waals surface area contributed by atoms with Gasteiger partial charge in [-0.15, -0.1) is 11.3 Å². The van der Waals surface area contributed by atoms with Crippen molar-refractivity contribution in [2.75, 3.05) is 10.6 Å². The number of furan rings is 2. The number of carbonyl (C=O) groups excluding carboxylic acids is 2. The third-order valence-electron chi connectivity index (χ3n) is 9.04. The highest BCUT2D eigenvalue weighted by atomic mass is 32.1. The number of benzene rings is 6. The SMILES string of the molecule is O=C(Nc1ccc2c(c1)oc1cc([N+](=O)[O-])ccc12)c1ccc2sc3ccc(C(=O)Nc4ccc5c(c4)oc4cc([N+](=O)[O-])ccc45)cc3c(=O)c2c1. The molecule has 0 atom stereocenters. The van der Waals surface area contributed by atoms with Crippen molar-refractivity contribution in [3.05, 3.63) is 151 Å². The van der Waals surface area contributed by atoms with E-state index in [4.69, 9.17) is 8.83 Å². The average Bonchev–Trinajstić information content (AvgIpc) is 3.71. The maximum absolute atomic E-state index is 13.8. The Bertz CT molecular complexity index is 2960. The molecular formula is C39H20N4O9S.